The van der Waals surface area contributed by atoms with E-state index in [0.717, 1.165) is 49.5 Å². The van der Waals surface area contributed by atoms with Gasteiger partial charge in [0.05, 0.1) is 5.52 Å². The van der Waals surface area contributed by atoms with Crippen molar-refractivity contribution >= 4 is 21.7 Å². The van der Waals surface area contributed by atoms with Crippen molar-refractivity contribution in [1.29, 1.82) is 0 Å². The number of nitrogens with zero attached hydrogens (tertiary/aromatic N) is 4. The van der Waals surface area contributed by atoms with Crippen molar-refractivity contribution in [3.8, 4) is 56.4 Å². The molecule has 0 spiro atoms. The molecule has 2 heterocycles. The SMILES string of the molecule is c1ccc(-c2nc(-c3ccccc3)nc(-c3ccc(-c4ccc(-c5cccc6ncccc56)cc4)c4ccccc34)n2)cc1. The number of aromatic nitrogens is 4. The van der Waals surface area contributed by atoms with Gasteiger partial charge in [-0.25, -0.2) is 15.0 Å². The van der Waals surface area contributed by atoms with Crippen LogP contribution >= 0.6 is 0 Å². The lowest BCUT2D eigenvalue weighted by atomic mass is 9.93. The maximum absolute atomic E-state index is 4.99. The van der Waals surface area contributed by atoms with Crippen LogP contribution in [0.4, 0.5) is 0 Å². The molecule has 0 saturated heterocycles. The summed E-state index contributed by atoms with van der Waals surface area (Å²) in [5.41, 5.74) is 8.55. The summed E-state index contributed by atoms with van der Waals surface area (Å²) in [5, 5.41) is 3.40. The van der Waals surface area contributed by atoms with Crippen LogP contribution in [-0.4, -0.2) is 19.9 Å². The fourth-order valence-corrected chi connectivity index (χ4v) is 5.86. The molecule has 0 bridgehead atoms. The molecule has 0 aliphatic carbocycles. The topological polar surface area (TPSA) is 51.6 Å². The molecule has 0 N–H and O–H groups in total. The summed E-state index contributed by atoms with van der Waals surface area (Å²) in [5.74, 6) is 1.96. The maximum Gasteiger partial charge on any atom is 0.164 e. The summed E-state index contributed by atoms with van der Waals surface area (Å²) in [6.45, 7) is 0. The Labute approximate surface area is 255 Å². The fourth-order valence-electron chi connectivity index (χ4n) is 5.86. The van der Waals surface area contributed by atoms with Gasteiger partial charge in [-0.3, -0.25) is 4.98 Å². The van der Waals surface area contributed by atoms with Crippen LogP contribution < -0.4 is 0 Å². The molecule has 0 aliphatic rings. The third-order valence-corrected chi connectivity index (χ3v) is 8.02. The average molecular weight is 563 g/mol. The van der Waals surface area contributed by atoms with E-state index in [1.54, 1.807) is 0 Å². The summed E-state index contributed by atoms with van der Waals surface area (Å²) in [6, 6.07) is 52.2. The molecule has 0 amide bonds. The first kappa shape index (κ1) is 25.7. The molecule has 0 aliphatic heterocycles. The summed E-state index contributed by atoms with van der Waals surface area (Å²) in [7, 11) is 0. The van der Waals surface area contributed by atoms with Crippen molar-refractivity contribution in [2.75, 3.05) is 0 Å². The second-order valence-electron chi connectivity index (χ2n) is 10.7. The zero-order chi connectivity index (χ0) is 29.3. The second kappa shape index (κ2) is 11.0. The molecular weight excluding hydrogens is 536 g/mol. The van der Waals surface area contributed by atoms with E-state index in [2.05, 4.69) is 89.9 Å². The molecule has 44 heavy (non-hydrogen) atoms. The van der Waals surface area contributed by atoms with Gasteiger partial charge in [0.25, 0.3) is 0 Å². The van der Waals surface area contributed by atoms with E-state index in [9.17, 15) is 0 Å². The molecule has 4 nitrogen and oxygen atoms in total. The molecule has 206 valence electrons. The smallest absolute Gasteiger partial charge is 0.164 e. The summed E-state index contributed by atoms with van der Waals surface area (Å²) < 4.78 is 0. The van der Waals surface area contributed by atoms with Gasteiger partial charge in [0, 0.05) is 28.3 Å². The Morgan fingerprint density at radius 1 is 0.295 bits per heavy atom. The molecule has 0 atom stereocenters. The predicted molar refractivity (Wildman–Crippen MR) is 180 cm³/mol. The first-order valence-electron chi connectivity index (χ1n) is 14.7. The van der Waals surface area contributed by atoms with Crippen LogP contribution in [0.5, 0.6) is 0 Å². The summed E-state index contributed by atoms with van der Waals surface area (Å²) in [6.07, 6.45) is 1.84. The predicted octanol–water partition coefficient (Wildman–Crippen LogP) is 9.91. The zero-order valence-corrected chi connectivity index (χ0v) is 23.8. The minimum absolute atomic E-state index is 0.653. The number of rotatable bonds is 5. The van der Waals surface area contributed by atoms with E-state index in [1.807, 2.05) is 72.9 Å². The third-order valence-electron chi connectivity index (χ3n) is 8.02. The molecule has 8 aromatic rings. The van der Waals surface area contributed by atoms with Gasteiger partial charge in [-0.1, -0.05) is 133 Å². The largest absolute Gasteiger partial charge is 0.256 e. The van der Waals surface area contributed by atoms with Crippen molar-refractivity contribution in [1.82, 2.24) is 19.9 Å². The van der Waals surface area contributed by atoms with Gasteiger partial charge in [0.15, 0.2) is 17.5 Å². The fraction of sp³-hybridized carbons (Fsp3) is 0. The lowest BCUT2D eigenvalue weighted by Crippen LogP contribution is -2.00. The minimum atomic E-state index is 0.653. The number of hydrogen-bond acceptors (Lipinski definition) is 4. The van der Waals surface area contributed by atoms with Crippen molar-refractivity contribution in [2.24, 2.45) is 0 Å². The Hall–Kier alpha value is -6.00. The van der Waals surface area contributed by atoms with Gasteiger partial charge >= 0.3 is 0 Å². The standard InChI is InChI=1S/C40H26N4/c1-3-11-29(12-4-1)38-42-39(30-13-5-2-6-14-30)44-40(43-38)36-25-24-32(33-15-7-8-16-34(33)36)28-22-20-27(21-23-28)31-17-9-19-37-35(31)18-10-26-41-37/h1-26H. The number of fused-ring (bicyclic) bond motifs is 2. The van der Waals surface area contributed by atoms with Crippen LogP contribution in [-0.2, 0) is 0 Å². The first-order valence-corrected chi connectivity index (χ1v) is 14.7. The maximum atomic E-state index is 4.99. The molecule has 0 radical (unpaired) electrons. The molecule has 0 unspecified atom stereocenters. The molecular formula is C40H26N4. The van der Waals surface area contributed by atoms with Gasteiger partial charge in [0.1, 0.15) is 0 Å². The number of pyridine rings is 1. The average Bonchev–Trinajstić information content (AvgIpc) is 3.11. The lowest BCUT2D eigenvalue weighted by molar-refractivity contribution is 1.08. The molecule has 8 rings (SSSR count). The molecule has 2 aromatic heterocycles. The second-order valence-corrected chi connectivity index (χ2v) is 10.7. The lowest BCUT2D eigenvalue weighted by Gasteiger charge is -2.13. The van der Waals surface area contributed by atoms with E-state index in [4.69, 9.17) is 15.0 Å². The summed E-state index contributed by atoms with van der Waals surface area (Å²) >= 11 is 0. The van der Waals surface area contributed by atoms with Crippen LogP contribution in [0.3, 0.4) is 0 Å². The molecule has 0 saturated carbocycles. The van der Waals surface area contributed by atoms with Gasteiger partial charge < -0.3 is 0 Å². The van der Waals surface area contributed by atoms with Crippen LogP contribution in [0.25, 0.3) is 78.1 Å². The number of benzene rings is 6. The Morgan fingerprint density at radius 3 is 1.43 bits per heavy atom. The van der Waals surface area contributed by atoms with Crippen LogP contribution in [0, 0.1) is 0 Å². The minimum Gasteiger partial charge on any atom is -0.256 e. The van der Waals surface area contributed by atoms with Crippen molar-refractivity contribution in [3.05, 3.63) is 158 Å². The van der Waals surface area contributed by atoms with E-state index in [1.165, 1.54) is 11.1 Å². The zero-order valence-electron chi connectivity index (χ0n) is 23.8. The quantitative estimate of drug-likeness (QED) is 0.209. The molecule has 6 aromatic carbocycles. The van der Waals surface area contributed by atoms with E-state index in [0.29, 0.717) is 17.5 Å². The van der Waals surface area contributed by atoms with Crippen LogP contribution in [0.2, 0.25) is 0 Å². The highest BCUT2D eigenvalue weighted by atomic mass is 15.0. The van der Waals surface area contributed by atoms with Crippen molar-refractivity contribution < 1.29 is 0 Å². The first-order chi connectivity index (χ1) is 21.8. The van der Waals surface area contributed by atoms with Gasteiger partial charge in [0.2, 0.25) is 0 Å². The van der Waals surface area contributed by atoms with Crippen molar-refractivity contribution in [2.45, 2.75) is 0 Å². The summed E-state index contributed by atoms with van der Waals surface area (Å²) in [4.78, 5) is 19.4. The molecule has 0 fully saturated rings. The van der Waals surface area contributed by atoms with E-state index < -0.39 is 0 Å². The highest BCUT2D eigenvalue weighted by molar-refractivity contribution is 6.04. The van der Waals surface area contributed by atoms with Gasteiger partial charge in [-0.15, -0.1) is 0 Å². The third kappa shape index (κ3) is 4.69. The van der Waals surface area contributed by atoms with E-state index in [-0.39, 0.29) is 0 Å². The Morgan fingerprint density at radius 2 is 0.795 bits per heavy atom. The normalized spacial score (nSPS) is 11.2. The monoisotopic (exact) mass is 562 g/mol. The van der Waals surface area contributed by atoms with Crippen LogP contribution in [0.1, 0.15) is 0 Å². The Bertz CT molecular complexity index is 2200. The van der Waals surface area contributed by atoms with Gasteiger partial charge in [-0.2, -0.15) is 0 Å². The van der Waals surface area contributed by atoms with Gasteiger partial charge in [-0.05, 0) is 51.2 Å². The number of hydrogen-bond donors (Lipinski definition) is 0. The highest BCUT2D eigenvalue weighted by Crippen LogP contribution is 2.37. The van der Waals surface area contributed by atoms with E-state index >= 15 is 0 Å². The molecule has 4 heteroatoms. The van der Waals surface area contributed by atoms with Crippen LogP contribution in [0.15, 0.2) is 158 Å². The van der Waals surface area contributed by atoms with Crippen molar-refractivity contribution in [3.63, 3.8) is 0 Å². The highest BCUT2D eigenvalue weighted by Gasteiger charge is 2.16. The Balaban J connectivity index is 1.25. The Kier molecular flexibility index (Phi) is 6.43.